The number of aryl methyl sites for hydroxylation is 1. The van der Waals surface area contributed by atoms with Crippen molar-refractivity contribution in [2.45, 2.75) is 56.3 Å². The van der Waals surface area contributed by atoms with Crippen molar-refractivity contribution in [3.63, 3.8) is 0 Å². The van der Waals surface area contributed by atoms with Gasteiger partial charge in [0.2, 0.25) is 15.9 Å². The summed E-state index contributed by atoms with van der Waals surface area (Å²) in [6.45, 7) is 6.16. The first-order valence-electron chi connectivity index (χ1n) is 11.0. The van der Waals surface area contributed by atoms with Gasteiger partial charge in [-0.05, 0) is 49.6 Å². The predicted octanol–water partition coefficient (Wildman–Crippen LogP) is 4.11. The second kappa shape index (κ2) is 9.08. The molecule has 7 heteroatoms. The Labute approximate surface area is 190 Å². The van der Waals surface area contributed by atoms with Gasteiger partial charge in [0.1, 0.15) is 11.9 Å². The van der Waals surface area contributed by atoms with E-state index < -0.39 is 16.2 Å². The molecule has 0 unspecified atom stereocenters. The number of hydrogen-bond acceptors (Lipinski definition) is 4. The summed E-state index contributed by atoms with van der Waals surface area (Å²) in [4.78, 5) is 15.5. The van der Waals surface area contributed by atoms with Crippen LogP contribution in [0.25, 0.3) is 0 Å². The third-order valence-electron chi connectivity index (χ3n) is 6.56. The van der Waals surface area contributed by atoms with Gasteiger partial charge < -0.3 is 9.64 Å². The van der Waals surface area contributed by atoms with Crippen LogP contribution >= 0.6 is 0 Å². The van der Waals surface area contributed by atoms with Crippen LogP contribution in [0.4, 0.5) is 0 Å². The van der Waals surface area contributed by atoms with Gasteiger partial charge in [0.25, 0.3) is 0 Å². The topological polar surface area (TPSA) is 66.9 Å². The van der Waals surface area contributed by atoms with Crippen molar-refractivity contribution in [2.24, 2.45) is 5.92 Å². The van der Waals surface area contributed by atoms with E-state index in [2.05, 4.69) is 6.58 Å². The number of ether oxygens (including phenoxy) is 1. The molecule has 0 aromatic heterocycles. The normalized spacial score (nSPS) is 24.1. The van der Waals surface area contributed by atoms with E-state index in [1.54, 1.807) is 46.7 Å². The fraction of sp³-hybridized carbons (Fsp3) is 0.400. The Bertz CT molecular complexity index is 1080. The van der Waals surface area contributed by atoms with Gasteiger partial charge in [-0.1, -0.05) is 55.3 Å². The van der Waals surface area contributed by atoms with Gasteiger partial charge in [-0.3, -0.25) is 4.79 Å². The fourth-order valence-corrected chi connectivity index (χ4v) is 6.68. The third-order valence-corrected chi connectivity index (χ3v) is 8.47. The lowest BCUT2D eigenvalue weighted by atomic mass is 9.81. The Balaban J connectivity index is 1.75. The Morgan fingerprint density at radius 1 is 1.06 bits per heavy atom. The quantitative estimate of drug-likeness (QED) is 0.616. The van der Waals surface area contributed by atoms with E-state index >= 15 is 0 Å². The van der Waals surface area contributed by atoms with Gasteiger partial charge in [-0.2, -0.15) is 4.31 Å². The van der Waals surface area contributed by atoms with Gasteiger partial charge in [0.05, 0.1) is 17.9 Å². The summed E-state index contributed by atoms with van der Waals surface area (Å²) in [5, 5.41) is 0. The highest BCUT2D eigenvalue weighted by molar-refractivity contribution is 7.89. The first-order valence-corrected chi connectivity index (χ1v) is 12.5. The van der Waals surface area contributed by atoms with Crippen molar-refractivity contribution >= 4 is 15.9 Å². The highest BCUT2D eigenvalue weighted by atomic mass is 32.2. The lowest BCUT2D eigenvalue weighted by Crippen LogP contribution is -2.65. The van der Waals surface area contributed by atoms with Crippen LogP contribution in [0.3, 0.4) is 0 Å². The average molecular weight is 455 g/mol. The number of amides is 1. The lowest BCUT2D eigenvalue weighted by molar-refractivity contribution is -0.151. The van der Waals surface area contributed by atoms with Crippen molar-refractivity contribution in [1.29, 1.82) is 0 Å². The molecule has 1 heterocycles. The molecule has 3 atom stereocenters. The van der Waals surface area contributed by atoms with E-state index in [0.717, 1.165) is 29.7 Å². The number of fused-ring (bicyclic) bond motifs is 1. The van der Waals surface area contributed by atoms with E-state index in [4.69, 9.17) is 4.74 Å². The standard InChI is InChI=1S/C25H30N2O4S/c1-4-24-26(17-19-11-13-20(31-3)14-12-19)25(28)22-7-5-6-8-23(22)27(24)32(29,30)21-15-9-18(2)10-16-21/h4,9-16,22-24H,1,5-8,17H2,2-3H3/t22-,23-,24-/m0/s1. The van der Waals surface area contributed by atoms with Gasteiger partial charge in [0.15, 0.2) is 0 Å². The van der Waals surface area contributed by atoms with Gasteiger partial charge >= 0.3 is 0 Å². The second-order valence-corrected chi connectivity index (χ2v) is 10.4. The zero-order chi connectivity index (χ0) is 22.9. The van der Waals surface area contributed by atoms with Crippen LogP contribution < -0.4 is 4.74 Å². The molecule has 2 aromatic carbocycles. The smallest absolute Gasteiger partial charge is 0.245 e. The maximum absolute atomic E-state index is 13.8. The zero-order valence-electron chi connectivity index (χ0n) is 18.6. The number of benzene rings is 2. The molecule has 32 heavy (non-hydrogen) atoms. The molecule has 1 amide bonds. The summed E-state index contributed by atoms with van der Waals surface area (Å²) < 4.78 is 34.4. The molecule has 0 radical (unpaired) electrons. The van der Waals surface area contributed by atoms with Crippen molar-refractivity contribution in [2.75, 3.05) is 7.11 Å². The molecule has 1 aliphatic carbocycles. The summed E-state index contributed by atoms with van der Waals surface area (Å²) in [6.07, 6.45) is 4.07. The molecule has 170 valence electrons. The minimum absolute atomic E-state index is 0.00535. The fourth-order valence-electron chi connectivity index (χ4n) is 4.86. The third kappa shape index (κ3) is 4.07. The Morgan fingerprint density at radius 2 is 1.72 bits per heavy atom. The lowest BCUT2D eigenvalue weighted by Gasteiger charge is -2.51. The van der Waals surface area contributed by atoms with Gasteiger partial charge in [-0.15, -0.1) is 0 Å². The summed E-state index contributed by atoms with van der Waals surface area (Å²) in [5.74, 6) is 0.402. The monoisotopic (exact) mass is 454 g/mol. The molecule has 1 aliphatic heterocycles. The van der Waals surface area contributed by atoms with Crippen LogP contribution in [0, 0.1) is 12.8 Å². The Kier molecular flexibility index (Phi) is 6.40. The van der Waals surface area contributed by atoms with Crippen molar-refractivity contribution in [1.82, 2.24) is 9.21 Å². The molecular weight excluding hydrogens is 424 g/mol. The van der Waals surface area contributed by atoms with E-state index in [1.807, 2.05) is 31.2 Å². The van der Waals surface area contributed by atoms with Crippen LogP contribution in [0.1, 0.15) is 36.8 Å². The molecule has 6 nitrogen and oxygen atoms in total. The Morgan fingerprint density at radius 3 is 2.34 bits per heavy atom. The van der Waals surface area contributed by atoms with Crippen molar-refractivity contribution in [3.8, 4) is 5.75 Å². The molecule has 2 aromatic rings. The summed E-state index contributed by atoms with van der Waals surface area (Å²) >= 11 is 0. The zero-order valence-corrected chi connectivity index (χ0v) is 19.4. The van der Waals surface area contributed by atoms with Gasteiger partial charge in [-0.25, -0.2) is 8.42 Å². The maximum atomic E-state index is 13.8. The summed E-state index contributed by atoms with van der Waals surface area (Å²) in [6, 6.07) is 14.0. The SMILES string of the molecule is C=C[C@H]1N(Cc2ccc(OC)cc2)C(=O)[C@H]2CCCC[C@@H]2N1S(=O)(=O)c1ccc(C)cc1. The molecule has 2 aliphatic rings. The molecule has 0 N–H and O–H groups in total. The molecule has 0 spiro atoms. The molecule has 1 saturated carbocycles. The first kappa shape index (κ1) is 22.6. The van der Waals surface area contributed by atoms with E-state index in [-0.39, 0.29) is 22.8 Å². The van der Waals surface area contributed by atoms with Crippen LogP contribution in [-0.2, 0) is 21.4 Å². The number of sulfonamides is 1. The molecule has 2 fully saturated rings. The number of hydrogen-bond donors (Lipinski definition) is 0. The number of carbonyl (C=O) groups is 1. The first-order chi connectivity index (χ1) is 15.4. The number of carbonyl (C=O) groups excluding carboxylic acids is 1. The number of methoxy groups -OCH3 is 1. The molecular formula is C25H30N2O4S. The van der Waals surface area contributed by atoms with E-state index in [0.29, 0.717) is 19.4 Å². The number of nitrogens with zero attached hydrogens (tertiary/aromatic N) is 2. The summed E-state index contributed by atoms with van der Waals surface area (Å²) in [5.41, 5.74) is 1.91. The highest BCUT2D eigenvalue weighted by Crippen LogP contribution is 2.40. The highest BCUT2D eigenvalue weighted by Gasteiger charge is 2.51. The molecule has 0 bridgehead atoms. The maximum Gasteiger partial charge on any atom is 0.245 e. The molecule has 1 saturated heterocycles. The molecule has 4 rings (SSSR count). The predicted molar refractivity (Wildman–Crippen MR) is 123 cm³/mol. The largest absolute Gasteiger partial charge is 0.497 e. The second-order valence-electron chi connectivity index (χ2n) is 8.57. The Hall–Kier alpha value is -2.64. The minimum Gasteiger partial charge on any atom is -0.497 e. The van der Waals surface area contributed by atoms with Crippen molar-refractivity contribution in [3.05, 3.63) is 72.3 Å². The average Bonchev–Trinajstić information content (AvgIpc) is 2.81. The summed E-state index contributed by atoms with van der Waals surface area (Å²) in [7, 11) is -2.22. The van der Waals surface area contributed by atoms with Crippen LogP contribution in [0.15, 0.2) is 66.1 Å². The minimum atomic E-state index is -3.82. The van der Waals surface area contributed by atoms with Crippen LogP contribution in [-0.4, -0.2) is 42.8 Å². The van der Waals surface area contributed by atoms with Gasteiger partial charge in [0, 0.05) is 12.6 Å². The van der Waals surface area contributed by atoms with Crippen LogP contribution in [0.5, 0.6) is 5.75 Å². The van der Waals surface area contributed by atoms with Crippen LogP contribution in [0.2, 0.25) is 0 Å². The van der Waals surface area contributed by atoms with E-state index in [9.17, 15) is 13.2 Å². The van der Waals surface area contributed by atoms with E-state index in [1.165, 1.54) is 0 Å². The number of rotatable bonds is 6. The van der Waals surface area contributed by atoms with Crippen molar-refractivity contribution < 1.29 is 17.9 Å².